The van der Waals surface area contributed by atoms with E-state index in [9.17, 15) is 9.59 Å². The van der Waals surface area contributed by atoms with Crippen molar-refractivity contribution in [1.82, 2.24) is 0 Å². The van der Waals surface area contributed by atoms with E-state index in [2.05, 4.69) is 0 Å². The van der Waals surface area contributed by atoms with Crippen LogP contribution in [0.4, 0.5) is 0 Å². The van der Waals surface area contributed by atoms with Crippen molar-refractivity contribution in [2.75, 3.05) is 0 Å². The standard InChI is InChI=1S/C16H15ClO5/c1-10(2)21-16(19)15-6-4-12(22-15)9-20-14-5-3-11(8-18)7-13(14)17/h3-8,10H,9H2,1-2H3. The summed E-state index contributed by atoms with van der Waals surface area (Å²) in [7, 11) is 0. The fourth-order valence-corrected chi connectivity index (χ4v) is 1.94. The molecule has 0 unspecified atom stereocenters. The molecule has 0 saturated carbocycles. The van der Waals surface area contributed by atoms with Crippen molar-refractivity contribution in [1.29, 1.82) is 0 Å². The molecule has 1 heterocycles. The minimum absolute atomic E-state index is 0.106. The fourth-order valence-electron chi connectivity index (χ4n) is 1.69. The number of ether oxygens (including phenoxy) is 2. The van der Waals surface area contributed by atoms with Gasteiger partial charge in [0.1, 0.15) is 24.4 Å². The minimum Gasteiger partial charge on any atom is -0.484 e. The summed E-state index contributed by atoms with van der Waals surface area (Å²) in [6, 6.07) is 7.87. The van der Waals surface area contributed by atoms with Gasteiger partial charge in [0.15, 0.2) is 0 Å². The van der Waals surface area contributed by atoms with Crippen LogP contribution in [0, 0.1) is 0 Å². The van der Waals surface area contributed by atoms with E-state index in [-0.39, 0.29) is 18.5 Å². The lowest BCUT2D eigenvalue weighted by Crippen LogP contribution is -2.10. The van der Waals surface area contributed by atoms with E-state index < -0.39 is 5.97 Å². The molecule has 116 valence electrons. The van der Waals surface area contributed by atoms with E-state index in [0.29, 0.717) is 28.4 Å². The molecule has 0 aliphatic carbocycles. The molecule has 22 heavy (non-hydrogen) atoms. The minimum atomic E-state index is -0.519. The lowest BCUT2D eigenvalue weighted by Gasteiger charge is -2.07. The monoisotopic (exact) mass is 322 g/mol. The molecule has 0 atom stereocenters. The van der Waals surface area contributed by atoms with Crippen molar-refractivity contribution in [3.63, 3.8) is 0 Å². The van der Waals surface area contributed by atoms with E-state index in [0.717, 1.165) is 0 Å². The second kappa shape index (κ2) is 7.13. The maximum atomic E-state index is 11.7. The van der Waals surface area contributed by atoms with Gasteiger partial charge in [-0.05, 0) is 44.2 Å². The Morgan fingerprint density at radius 3 is 2.73 bits per heavy atom. The number of aldehydes is 1. The van der Waals surface area contributed by atoms with Crippen LogP contribution in [0.2, 0.25) is 5.02 Å². The van der Waals surface area contributed by atoms with Gasteiger partial charge in [0.2, 0.25) is 5.76 Å². The van der Waals surface area contributed by atoms with Gasteiger partial charge in [-0.25, -0.2) is 4.79 Å². The van der Waals surface area contributed by atoms with Gasteiger partial charge in [-0.1, -0.05) is 11.6 Å². The molecule has 0 radical (unpaired) electrons. The van der Waals surface area contributed by atoms with Gasteiger partial charge in [0.05, 0.1) is 11.1 Å². The summed E-state index contributed by atoms with van der Waals surface area (Å²) in [5.41, 5.74) is 0.467. The molecule has 0 aliphatic heterocycles. The van der Waals surface area contributed by atoms with Gasteiger partial charge in [-0.15, -0.1) is 0 Å². The highest BCUT2D eigenvalue weighted by molar-refractivity contribution is 6.32. The summed E-state index contributed by atoms with van der Waals surface area (Å²) in [6.07, 6.45) is 0.488. The number of carbonyl (C=O) groups is 2. The molecule has 0 N–H and O–H groups in total. The summed E-state index contributed by atoms with van der Waals surface area (Å²) < 4.78 is 15.9. The first-order valence-electron chi connectivity index (χ1n) is 6.67. The molecule has 0 aliphatic rings. The number of benzene rings is 1. The molecule has 0 fully saturated rings. The van der Waals surface area contributed by atoms with Crippen LogP contribution in [0.1, 0.15) is 40.5 Å². The maximum Gasteiger partial charge on any atom is 0.374 e. The zero-order valence-electron chi connectivity index (χ0n) is 12.2. The Morgan fingerprint density at radius 2 is 2.09 bits per heavy atom. The van der Waals surface area contributed by atoms with Gasteiger partial charge < -0.3 is 13.9 Å². The number of furan rings is 1. The highest BCUT2D eigenvalue weighted by Crippen LogP contribution is 2.26. The molecule has 0 bridgehead atoms. The van der Waals surface area contributed by atoms with Crippen molar-refractivity contribution >= 4 is 23.9 Å². The fraction of sp³-hybridized carbons (Fsp3) is 0.250. The summed E-state index contributed by atoms with van der Waals surface area (Å²) in [4.78, 5) is 22.3. The second-order valence-corrected chi connectivity index (χ2v) is 5.22. The Hall–Kier alpha value is -2.27. The van der Waals surface area contributed by atoms with Crippen LogP contribution < -0.4 is 4.74 Å². The Kier molecular flexibility index (Phi) is 5.22. The molecule has 0 saturated heterocycles. The topological polar surface area (TPSA) is 65.7 Å². The average Bonchev–Trinajstić information content (AvgIpc) is 2.94. The molecule has 0 spiro atoms. The van der Waals surface area contributed by atoms with Crippen molar-refractivity contribution in [3.05, 3.63) is 52.4 Å². The average molecular weight is 323 g/mol. The van der Waals surface area contributed by atoms with Crippen LogP contribution in [-0.2, 0) is 11.3 Å². The highest BCUT2D eigenvalue weighted by Gasteiger charge is 2.14. The SMILES string of the molecule is CC(C)OC(=O)c1ccc(COc2ccc(C=O)cc2Cl)o1. The highest BCUT2D eigenvalue weighted by atomic mass is 35.5. The summed E-state index contributed by atoms with van der Waals surface area (Å²) in [5.74, 6) is 0.491. The predicted octanol–water partition coefficient (Wildman–Crippen LogP) is 3.89. The third kappa shape index (κ3) is 4.11. The number of hydrogen-bond donors (Lipinski definition) is 0. The van der Waals surface area contributed by atoms with E-state index in [1.54, 1.807) is 32.0 Å². The third-order valence-corrected chi connectivity index (χ3v) is 2.96. The van der Waals surface area contributed by atoms with Gasteiger partial charge in [0, 0.05) is 5.56 Å². The zero-order valence-corrected chi connectivity index (χ0v) is 12.9. The number of hydrogen-bond acceptors (Lipinski definition) is 5. The van der Waals surface area contributed by atoms with Crippen LogP contribution in [0.3, 0.4) is 0 Å². The number of halogens is 1. The molecule has 1 aromatic carbocycles. The second-order valence-electron chi connectivity index (χ2n) is 4.82. The number of rotatable bonds is 6. The Bertz CT molecular complexity index is 675. The molecule has 5 nitrogen and oxygen atoms in total. The Balaban J connectivity index is 1.99. The van der Waals surface area contributed by atoms with Crippen molar-refractivity contribution < 1.29 is 23.5 Å². The zero-order chi connectivity index (χ0) is 16.1. The van der Waals surface area contributed by atoms with Crippen LogP contribution in [0.15, 0.2) is 34.7 Å². The number of carbonyl (C=O) groups excluding carboxylic acids is 2. The third-order valence-electron chi connectivity index (χ3n) is 2.67. The van der Waals surface area contributed by atoms with Crippen LogP contribution >= 0.6 is 11.6 Å². The van der Waals surface area contributed by atoms with E-state index >= 15 is 0 Å². The molecule has 0 amide bonds. The van der Waals surface area contributed by atoms with E-state index in [4.69, 9.17) is 25.5 Å². The summed E-state index contributed by atoms with van der Waals surface area (Å²) in [6.45, 7) is 3.63. The summed E-state index contributed by atoms with van der Waals surface area (Å²) in [5, 5.41) is 0.329. The van der Waals surface area contributed by atoms with Crippen molar-refractivity contribution in [3.8, 4) is 5.75 Å². The number of esters is 1. The molecular formula is C16H15ClO5. The lowest BCUT2D eigenvalue weighted by molar-refractivity contribution is 0.0337. The molecule has 2 aromatic rings. The molecule has 1 aromatic heterocycles. The van der Waals surface area contributed by atoms with E-state index in [1.807, 2.05) is 0 Å². The van der Waals surface area contributed by atoms with Crippen LogP contribution in [-0.4, -0.2) is 18.4 Å². The van der Waals surface area contributed by atoms with Gasteiger partial charge >= 0.3 is 5.97 Å². The maximum absolute atomic E-state index is 11.7. The van der Waals surface area contributed by atoms with Crippen LogP contribution in [0.25, 0.3) is 0 Å². The smallest absolute Gasteiger partial charge is 0.374 e. The van der Waals surface area contributed by atoms with E-state index in [1.165, 1.54) is 12.1 Å². The van der Waals surface area contributed by atoms with Gasteiger partial charge in [0.25, 0.3) is 0 Å². The van der Waals surface area contributed by atoms with Crippen LogP contribution in [0.5, 0.6) is 5.75 Å². The van der Waals surface area contributed by atoms with Crippen molar-refractivity contribution in [2.24, 2.45) is 0 Å². The summed E-state index contributed by atoms with van der Waals surface area (Å²) >= 11 is 6.00. The van der Waals surface area contributed by atoms with Gasteiger partial charge in [-0.3, -0.25) is 4.79 Å². The normalized spacial score (nSPS) is 10.5. The quantitative estimate of drug-likeness (QED) is 0.596. The molecular weight excluding hydrogens is 308 g/mol. The molecule has 6 heteroatoms. The first-order valence-corrected chi connectivity index (χ1v) is 7.04. The lowest BCUT2D eigenvalue weighted by atomic mass is 10.2. The largest absolute Gasteiger partial charge is 0.484 e. The molecule has 2 rings (SSSR count). The van der Waals surface area contributed by atoms with Crippen molar-refractivity contribution in [2.45, 2.75) is 26.6 Å². The van der Waals surface area contributed by atoms with Gasteiger partial charge in [-0.2, -0.15) is 0 Å². The Morgan fingerprint density at radius 1 is 1.32 bits per heavy atom. The first kappa shape index (κ1) is 16.1. The first-order chi connectivity index (χ1) is 10.5. The predicted molar refractivity (Wildman–Crippen MR) is 80.4 cm³/mol. The Labute approximate surface area is 132 Å².